The quantitative estimate of drug-likeness (QED) is 0.544. The molecular formula is C22H26N4O3. The summed E-state index contributed by atoms with van der Waals surface area (Å²) < 4.78 is 1.44. The summed E-state index contributed by atoms with van der Waals surface area (Å²) in [4.78, 5) is 40.8. The number of aromatic amines is 1. The van der Waals surface area contributed by atoms with E-state index >= 15 is 0 Å². The second kappa shape index (κ2) is 9.73. The first kappa shape index (κ1) is 20.4. The third kappa shape index (κ3) is 5.13. The van der Waals surface area contributed by atoms with Crippen LogP contribution in [-0.4, -0.2) is 35.1 Å². The molecule has 0 saturated carbocycles. The second-order valence-corrected chi connectivity index (χ2v) is 6.80. The number of aromatic nitrogens is 2. The van der Waals surface area contributed by atoms with Crippen LogP contribution in [0.5, 0.6) is 0 Å². The maximum atomic E-state index is 12.2. The van der Waals surface area contributed by atoms with Gasteiger partial charge in [-0.05, 0) is 37.6 Å². The molecule has 0 atom stereocenters. The van der Waals surface area contributed by atoms with E-state index in [1.54, 1.807) is 24.3 Å². The Hall–Kier alpha value is -3.35. The summed E-state index contributed by atoms with van der Waals surface area (Å²) in [5, 5.41) is 3.35. The normalized spacial score (nSPS) is 10.8. The van der Waals surface area contributed by atoms with Crippen molar-refractivity contribution in [3.63, 3.8) is 0 Å². The van der Waals surface area contributed by atoms with Gasteiger partial charge in [0.05, 0.1) is 10.9 Å². The number of rotatable bonds is 9. The summed E-state index contributed by atoms with van der Waals surface area (Å²) in [5.41, 5.74) is 0.800. The number of H-pyrrole nitrogens is 1. The molecule has 0 aliphatic heterocycles. The smallest absolute Gasteiger partial charge is 0.328 e. The van der Waals surface area contributed by atoms with Gasteiger partial charge in [0, 0.05) is 38.3 Å². The minimum atomic E-state index is -0.497. The molecule has 0 saturated heterocycles. The Balaban J connectivity index is 1.50. The lowest BCUT2D eigenvalue weighted by molar-refractivity contribution is -0.121. The Morgan fingerprint density at radius 3 is 2.55 bits per heavy atom. The van der Waals surface area contributed by atoms with Crippen molar-refractivity contribution in [3.05, 3.63) is 75.4 Å². The number of amides is 1. The molecule has 0 aliphatic rings. The summed E-state index contributed by atoms with van der Waals surface area (Å²) in [6.45, 7) is 4.65. The Morgan fingerprint density at radius 1 is 1.07 bits per heavy atom. The molecule has 0 radical (unpaired) electrons. The van der Waals surface area contributed by atoms with Gasteiger partial charge in [-0.2, -0.15) is 0 Å². The molecule has 0 unspecified atom stereocenters. The molecule has 1 amide bonds. The number of fused-ring (bicyclic) bond motifs is 1. The number of hydrogen-bond donors (Lipinski definition) is 2. The number of carbonyl (C=O) groups excluding carboxylic acids is 1. The number of aryl methyl sites for hydroxylation is 1. The maximum Gasteiger partial charge on any atom is 0.328 e. The third-order valence-corrected chi connectivity index (χ3v) is 4.90. The van der Waals surface area contributed by atoms with Crippen LogP contribution in [0.25, 0.3) is 10.9 Å². The Kier molecular flexibility index (Phi) is 6.84. The van der Waals surface area contributed by atoms with Gasteiger partial charge in [-0.25, -0.2) is 4.79 Å². The first-order chi connectivity index (χ1) is 14.1. The van der Waals surface area contributed by atoms with Crippen molar-refractivity contribution in [1.29, 1.82) is 0 Å². The van der Waals surface area contributed by atoms with Crippen LogP contribution >= 0.6 is 0 Å². The lowest BCUT2D eigenvalue weighted by Crippen LogP contribution is -2.33. The number of nitrogens with one attached hydrogen (secondary N) is 2. The zero-order valence-electron chi connectivity index (χ0n) is 16.6. The van der Waals surface area contributed by atoms with Gasteiger partial charge in [0.2, 0.25) is 5.91 Å². The van der Waals surface area contributed by atoms with Crippen LogP contribution < -0.4 is 21.5 Å². The predicted molar refractivity (Wildman–Crippen MR) is 115 cm³/mol. The minimum absolute atomic E-state index is 0.116. The summed E-state index contributed by atoms with van der Waals surface area (Å²) in [7, 11) is 0. The van der Waals surface area contributed by atoms with E-state index in [-0.39, 0.29) is 18.9 Å². The van der Waals surface area contributed by atoms with Crippen molar-refractivity contribution < 1.29 is 4.79 Å². The first-order valence-electron chi connectivity index (χ1n) is 9.88. The summed E-state index contributed by atoms with van der Waals surface area (Å²) >= 11 is 0. The van der Waals surface area contributed by atoms with Gasteiger partial charge in [-0.15, -0.1) is 0 Å². The molecule has 0 bridgehead atoms. The summed E-state index contributed by atoms with van der Waals surface area (Å²) in [5.74, 6) is -0.116. The molecular weight excluding hydrogens is 368 g/mol. The van der Waals surface area contributed by atoms with E-state index in [9.17, 15) is 14.4 Å². The average Bonchev–Trinajstić information content (AvgIpc) is 2.74. The van der Waals surface area contributed by atoms with E-state index in [0.717, 1.165) is 19.5 Å². The highest BCUT2D eigenvalue weighted by atomic mass is 16.2. The second-order valence-electron chi connectivity index (χ2n) is 6.80. The van der Waals surface area contributed by atoms with E-state index in [1.807, 2.05) is 18.2 Å². The standard InChI is InChI=1S/C22H26N4O3/c1-2-25(17-9-4-3-5-10-17)15-8-14-23-20(27)13-16-26-19-12-7-6-11-18(19)21(28)24-22(26)29/h3-7,9-12H,2,8,13-16H2,1H3,(H,23,27)(H,24,28,29). The highest BCUT2D eigenvalue weighted by molar-refractivity contribution is 5.78. The molecule has 3 aromatic rings. The molecule has 29 heavy (non-hydrogen) atoms. The van der Waals surface area contributed by atoms with Crippen molar-refractivity contribution in [2.75, 3.05) is 24.5 Å². The topological polar surface area (TPSA) is 87.2 Å². The van der Waals surface area contributed by atoms with Crippen molar-refractivity contribution in [2.24, 2.45) is 0 Å². The highest BCUT2D eigenvalue weighted by Crippen LogP contribution is 2.12. The number of carbonyl (C=O) groups is 1. The molecule has 0 spiro atoms. The van der Waals surface area contributed by atoms with E-state index < -0.39 is 11.2 Å². The molecule has 1 heterocycles. The Bertz CT molecular complexity index is 1070. The van der Waals surface area contributed by atoms with Crippen LogP contribution in [0, 0.1) is 0 Å². The molecule has 0 aliphatic carbocycles. The van der Waals surface area contributed by atoms with Crippen LogP contribution in [-0.2, 0) is 11.3 Å². The van der Waals surface area contributed by atoms with Crippen LogP contribution in [0.3, 0.4) is 0 Å². The van der Waals surface area contributed by atoms with E-state index in [4.69, 9.17) is 0 Å². The Morgan fingerprint density at radius 2 is 1.79 bits per heavy atom. The first-order valence-corrected chi connectivity index (χ1v) is 9.88. The number of nitrogens with zero attached hydrogens (tertiary/aromatic N) is 2. The fourth-order valence-electron chi connectivity index (χ4n) is 3.37. The van der Waals surface area contributed by atoms with E-state index in [1.165, 1.54) is 10.3 Å². The summed E-state index contributed by atoms with van der Waals surface area (Å²) in [6.07, 6.45) is 1.00. The molecule has 3 rings (SSSR count). The number of para-hydroxylation sites is 2. The predicted octanol–water partition coefficient (Wildman–Crippen LogP) is 2.11. The molecule has 7 heteroatoms. The van der Waals surface area contributed by atoms with Gasteiger partial charge in [0.15, 0.2) is 0 Å². The van der Waals surface area contributed by atoms with Gasteiger partial charge in [0.1, 0.15) is 0 Å². The molecule has 1 aromatic heterocycles. The van der Waals surface area contributed by atoms with Crippen molar-refractivity contribution in [3.8, 4) is 0 Å². The van der Waals surface area contributed by atoms with Gasteiger partial charge >= 0.3 is 5.69 Å². The van der Waals surface area contributed by atoms with Crippen LogP contribution in [0.2, 0.25) is 0 Å². The largest absolute Gasteiger partial charge is 0.372 e. The van der Waals surface area contributed by atoms with Crippen molar-refractivity contribution in [2.45, 2.75) is 26.3 Å². The van der Waals surface area contributed by atoms with Crippen molar-refractivity contribution >= 4 is 22.5 Å². The Labute approximate surface area is 169 Å². The number of anilines is 1. The van der Waals surface area contributed by atoms with Crippen molar-refractivity contribution in [1.82, 2.24) is 14.9 Å². The fraction of sp³-hybridized carbons (Fsp3) is 0.318. The van der Waals surface area contributed by atoms with Gasteiger partial charge < -0.3 is 10.2 Å². The van der Waals surface area contributed by atoms with Gasteiger partial charge in [-0.3, -0.25) is 19.1 Å². The van der Waals surface area contributed by atoms with Crippen LogP contribution in [0.4, 0.5) is 5.69 Å². The third-order valence-electron chi connectivity index (χ3n) is 4.90. The molecule has 152 valence electrons. The van der Waals surface area contributed by atoms with Gasteiger partial charge in [-0.1, -0.05) is 30.3 Å². The van der Waals surface area contributed by atoms with Gasteiger partial charge in [0.25, 0.3) is 5.56 Å². The maximum absolute atomic E-state index is 12.2. The lowest BCUT2D eigenvalue weighted by Gasteiger charge is -2.23. The molecule has 2 N–H and O–H groups in total. The number of hydrogen-bond acceptors (Lipinski definition) is 4. The monoisotopic (exact) mass is 394 g/mol. The van der Waals surface area contributed by atoms with E-state index in [2.05, 4.69) is 34.3 Å². The van der Waals surface area contributed by atoms with E-state index in [0.29, 0.717) is 17.4 Å². The number of benzene rings is 2. The molecule has 2 aromatic carbocycles. The average molecular weight is 394 g/mol. The lowest BCUT2D eigenvalue weighted by atomic mass is 10.2. The summed E-state index contributed by atoms with van der Waals surface area (Å²) in [6, 6.07) is 17.1. The van der Waals surface area contributed by atoms with Crippen LogP contribution in [0.1, 0.15) is 19.8 Å². The zero-order chi connectivity index (χ0) is 20.6. The van der Waals surface area contributed by atoms with Crippen LogP contribution in [0.15, 0.2) is 64.2 Å². The highest BCUT2D eigenvalue weighted by Gasteiger charge is 2.09. The molecule has 7 nitrogen and oxygen atoms in total. The zero-order valence-corrected chi connectivity index (χ0v) is 16.6. The molecule has 0 fully saturated rings. The minimum Gasteiger partial charge on any atom is -0.372 e. The SMILES string of the molecule is CCN(CCCNC(=O)CCn1c(=O)[nH]c(=O)c2ccccc21)c1ccccc1. The fourth-order valence-corrected chi connectivity index (χ4v) is 3.37.